The van der Waals surface area contributed by atoms with Gasteiger partial charge in [-0.2, -0.15) is 0 Å². The summed E-state index contributed by atoms with van der Waals surface area (Å²) in [4.78, 5) is 23.3. The van der Waals surface area contributed by atoms with Gasteiger partial charge in [0.1, 0.15) is 0 Å². The fraction of sp³-hybridized carbons (Fsp3) is 0.333. The van der Waals surface area contributed by atoms with E-state index in [1.54, 1.807) is 10.6 Å². The second-order valence-corrected chi connectivity index (χ2v) is 5.46. The van der Waals surface area contributed by atoms with Crippen molar-refractivity contribution < 1.29 is 9.90 Å². The molecule has 2 rings (SSSR count). The molecule has 1 N–H and O–H groups in total. The molecule has 116 valence electrons. The second kappa shape index (κ2) is 7.07. The van der Waals surface area contributed by atoms with Crippen LogP contribution in [0.3, 0.4) is 0 Å². The normalized spacial score (nSPS) is 10.6. The van der Waals surface area contributed by atoms with Crippen molar-refractivity contribution in [1.82, 2.24) is 4.57 Å². The Morgan fingerprint density at radius 3 is 2.41 bits per heavy atom. The van der Waals surface area contributed by atoms with Crippen molar-refractivity contribution in [2.75, 3.05) is 0 Å². The van der Waals surface area contributed by atoms with Crippen molar-refractivity contribution in [2.24, 2.45) is 0 Å². The first-order chi connectivity index (χ1) is 10.5. The van der Waals surface area contributed by atoms with Gasteiger partial charge in [-0.15, -0.1) is 0 Å². The number of carboxylic acids is 1. The van der Waals surface area contributed by atoms with Gasteiger partial charge in [-0.25, -0.2) is 0 Å². The molecule has 1 heterocycles. The molecule has 0 unspecified atom stereocenters. The number of aromatic nitrogens is 1. The molecule has 0 fully saturated rings. The molecule has 0 spiro atoms. The molecule has 0 aliphatic heterocycles. The minimum absolute atomic E-state index is 0.0226. The van der Waals surface area contributed by atoms with E-state index in [0.29, 0.717) is 12.1 Å². The highest BCUT2D eigenvalue weighted by Gasteiger charge is 2.11. The highest BCUT2D eigenvalue weighted by Crippen LogP contribution is 2.19. The van der Waals surface area contributed by atoms with Crippen LogP contribution in [0.4, 0.5) is 0 Å². The van der Waals surface area contributed by atoms with Gasteiger partial charge in [-0.1, -0.05) is 42.8 Å². The van der Waals surface area contributed by atoms with Crippen molar-refractivity contribution in [2.45, 2.75) is 39.7 Å². The third kappa shape index (κ3) is 3.64. The summed E-state index contributed by atoms with van der Waals surface area (Å²) in [6.07, 6.45) is 1.10. The third-order valence-corrected chi connectivity index (χ3v) is 3.66. The molecule has 2 aromatic rings. The van der Waals surface area contributed by atoms with E-state index >= 15 is 0 Å². The Balaban J connectivity index is 2.46. The zero-order chi connectivity index (χ0) is 16.1. The zero-order valence-corrected chi connectivity index (χ0v) is 13.0. The Hall–Kier alpha value is -2.36. The molecule has 1 aromatic carbocycles. The van der Waals surface area contributed by atoms with Crippen LogP contribution in [0.15, 0.2) is 41.2 Å². The quantitative estimate of drug-likeness (QED) is 0.890. The van der Waals surface area contributed by atoms with E-state index < -0.39 is 5.97 Å². The largest absolute Gasteiger partial charge is 0.481 e. The first-order valence-electron chi connectivity index (χ1n) is 7.54. The fourth-order valence-electron chi connectivity index (χ4n) is 2.48. The minimum atomic E-state index is -0.885. The summed E-state index contributed by atoms with van der Waals surface area (Å²) in [6.45, 7) is 4.68. The molecule has 0 atom stereocenters. The average molecular weight is 299 g/mol. The summed E-state index contributed by atoms with van der Waals surface area (Å²) in [7, 11) is 0. The number of carboxylic acid groups (broad SMARTS) is 1. The van der Waals surface area contributed by atoms with E-state index in [4.69, 9.17) is 5.11 Å². The number of pyridine rings is 1. The van der Waals surface area contributed by atoms with E-state index in [1.807, 2.05) is 44.2 Å². The summed E-state index contributed by atoms with van der Waals surface area (Å²) in [6, 6.07) is 11.7. The third-order valence-electron chi connectivity index (χ3n) is 3.66. The molecule has 0 amide bonds. The van der Waals surface area contributed by atoms with Crippen LogP contribution in [0.2, 0.25) is 0 Å². The number of nitrogens with zero attached hydrogens (tertiary/aromatic N) is 1. The first kappa shape index (κ1) is 16.0. The van der Waals surface area contributed by atoms with E-state index in [2.05, 4.69) is 0 Å². The highest BCUT2D eigenvalue weighted by atomic mass is 16.4. The van der Waals surface area contributed by atoms with Crippen molar-refractivity contribution in [3.63, 3.8) is 0 Å². The second-order valence-electron chi connectivity index (χ2n) is 5.46. The molecular formula is C18H21NO3. The fourth-order valence-corrected chi connectivity index (χ4v) is 2.48. The number of carbonyl (C=O) groups is 1. The number of hydrogen-bond donors (Lipinski definition) is 1. The summed E-state index contributed by atoms with van der Waals surface area (Å²) in [5, 5.41) is 8.79. The Bertz CT molecular complexity index is 714. The molecule has 4 heteroatoms. The lowest BCUT2D eigenvalue weighted by molar-refractivity contribution is -0.136. The van der Waals surface area contributed by atoms with Gasteiger partial charge in [0.15, 0.2) is 0 Å². The molecular weight excluding hydrogens is 278 g/mol. The number of rotatable bonds is 6. The molecule has 0 aliphatic carbocycles. The van der Waals surface area contributed by atoms with Crippen LogP contribution in [-0.4, -0.2) is 15.6 Å². The lowest BCUT2D eigenvalue weighted by atomic mass is 10.1. The van der Waals surface area contributed by atoms with Crippen LogP contribution < -0.4 is 5.56 Å². The predicted octanol–water partition coefficient (Wildman–Crippen LogP) is 3.25. The minimum Gasteiger partial charge on any atom is -0.481 e. The number of hydrogen-bond acceptors (Lipinski definition) is 2. The average Bonchev–Trinajstić information content (AvgIpc) is 2.49. The zero-order valence-electron chi connectivity index (χ0n) is 13.0. The van der Waals surface area contributed by atoms with Gasteiger partial charge in [0.2, 0.25) is 0 Å². The molecule has 4 nitrogen and oxygen atoms in total. The molecule has 0 saturated heterocycles. The summed E-state index contributed by atoms with van der Waals surface area (Å²) < 4.78 is 1.75. The monoisotopic (exact) mass is 299 g/mol. The lowest BCUT2D eigenvalue weighted by Crippen LogP contribution is -2.25. The van der Waals surface area contributed by atoms with Gasteiger partial charge < -0.3 is 9.67 Å². The van der Waals surface area contributed by atoms with Crippen molar-refractivity contribution in [1.29, 1.82) is 0 Å². The maximum Gasteiger partial charge on any atom is 0.303 e. The molecule has 0 saturated carbocycles. The van der Waals surface area contributed by atoms with Gasteiger partial charge in [0.25, 0.3) is 5.56 Å². The first-order valence-corrected chi connectivity index (χ1v) is 7.54. The molecule has 1 aromatic heterocycles. The van der Waals surface area contributed by atoms with Gasteiger partial charge >= 0.3 is 5.97 Å². The van der Waals surface area contributed by atoms with Gasteiger partial charge in [0, 0.05) is 18.5 Å². The Morgan fingerprint density at radius 1 is 1.14 bits per heavy atom. The Labute approximate surface area is 130 Å². The number of benzene rings is 1. The van der Waals surface area contributed by atoms with Crippen LogP contribution in [-0.2, 0) is 17.8 Å². The smallest absolute Gasteiger partial charge is 0.303 e. The van der Waals surface area contributed by atoms with Gasteiger partial charge in [-0.3, -0.25) is 9.59 Å². The highest BCUT2D eigenvalue weighted by molar-refractivity contribution is 5.67. The summed E-state index contributed by atoms with van der Waals surface area (Å²) in [5.41, 5.74) is 3.53. The van der Waals surface area contributed by atoms with Crippen LogP contribution >= 0.6 is 0 Å². The van der Waals surface area contributed by atoms with Crippen LogP contribution in [0, 0.1) is 6.92 Å². The van der Waals surface area contributed by atoms with Crippen molar-refractivity contribution in [3.05, 3.63) is 57.9 Å². The van der Waals surface area contributed by atoms with Gasteiger partial charge in [0.05, 0.1) is 5.69 Å². The lowest BCUT2D eigenvalue weighted by Gasteiger charge is -2.14. The van der Waals surface area contributed by atoms with Crippen molar-refractivity contribution >= 4 is 5.97 Å². The van der Waals surface area contributed by atoms with Crippen molar-refractivity contribution in [3.8, 4) is 11.3 Å². The predicted molar refractivity (Wildman–Crippen MR) is 87.1 cm³/mol. The van der Waals surface area contributed by atoms with Crippen LogP contribution in [0.1, 0.15) is 30.9 Å². The maximum atomic E-state index is 12.6. The number of aliphatic carboxylic acids is 1. The molecule has 0 aliphatic rings. The van der Waals surface area contributed by atoms with Crippen LogP contribution in [0.5, 0.6) is 0 Å². The Morgan fingerprint density at radius 2 is 1.82 bits per heavy atom. The standard InChI is InChI=1S/C18H21NO3/c1-3-12-19-16(14-6-4-13(2)5-7-14)10-8-15(18(19)22)9-11-17(20)21/h4-8,10H,3,9,11-12H2,1-2H3,(H,20,21). The summed E-state index contributed by atoms with van der Waals surface area (Å²) in [5.74, 6) is -0.885. The van der Waals surface area contributed by atoms with E-state index in [1.165, 1.54) is 5.56 Å². The molecule has 0 bridgehead atoms. The van der Waals surface area contributed by atoms with Crippen LogP contribution in [0.25, 0.3) is 11.3 Å². The van der Waals surface area contributed by atoms with E-state index in [-0.39, 0.29) is 18.4 Å². The van der Waals surface area contributed by atoms with E-state index in [0.717, 1.165) is 17.7 Å². The molecule has 22 heavy (non-hydrogen) atoms. The number of aryl methyl sites for hydroxylation is 2. The topological polar surface area (TPSA) is 59.3 Å². The van der Waals surface area contributed by atoms with E-state index in [9.17, 15) is 9.59 Å². The SMILES string of the molecule is CCCn1c(-c2ccc(C)cc2)ccc(CCC(=O)O)c1=O. The Kier molecular flexibility index (Phi) is 5.15. The molecule has 0 radical (unpaired) electrons. The summed E-state index contributed by atoms with van der Waals surface area (Å²) >= 11 is 0. The maximum absolute atomic E-state index is 12.6. The van der Waals surface area contributed by atoms with Gasteiger partial charge in [-0.05, 0) is 31.4 Å².